The van der Waals surface area contributed by atoms with Crippen LogP contribution in [0.1, 0.15) is 25.3 Å². The van der Waals surface area contributed by atoms with E-state index in [0.29, 0.717) is 18.9 Å². The van der Waals surface area contributed by atoms with Crippen molar-refractivity contribution in [3.05, 3.63) is 59.9 Å². The van der Waals surface area contributed by atoms with Gasteiger partial charge in [-0.25, -0.2) is 4.39 Å². The fourth-order valence-electron chi connectivity index (χ4n) is 3.29. The van der Waals surface area contributed by atoms with Gasteiger partial charge in [-0.1, -0.05) is 12.1 Å². The maximum atomic E-state index is 12.9. The summed E-state index contributed by atoms with van der Waals surface area (Å²) in [5.74, 6) is -0.508. The van der Waals surface area contributed by atoms with E-state index in [2.05, 4.69) is 5.32 Å². The van der Waals surface area contributed by atoms with Crippen molar-refractivity contribution in [2.24, 2.45) is 0 Å². The molecule has 0 unspecified atom stereocenters. The van der Waals surface area contributed by atoms with Gasteiger partial charge in [-0.15, -0.1) is 0 Å². The average molecular weight is 370 g/mol. The topological polar surface area (TPSA) is 58.6 Å². The number of ether oxygens (including phenoxy) is 1. The number of benzene rings is 2. The van der Waals surface area contributed by atoms with Crippen molar-refractivity contribution < 1.29 is 18.7 Å². The van der Waals surface area contributed by atoms with E-state index in [0.717, 1.165) is 24.1 Å². The summed E-state index contributed by atoms with van der Waals surface area (Å²) < 4.78 is 18.3. The predicted molar refractivity (Wildman–Crippen MR) is 102 cm³/mol. The average Bonchev–Trinajstić information content (AvgIpc) is 2.66. The molecule has 27 heavy (non-hydrogen) atoms. The molecule has 0 spiro atoms. The lowest BCUT2D eigenvalue weighted by atomic mass is 10.1. The van der Waals surface area contributed by atoms with Crippen molar-refractivity contribution in [3.8, 4) is 0 Å². The van der Waals surface area contributed by atoms with E-state index < -0.39 is 0 Å². The van der Waals surface area contributed by atoms with E-state index in [1.165, 1.54) is 12.1 Å². The Bertz CT molecular complexity index is 784. The molecule has 0 atom stereocenters. The fourth-order valence-corrected chi connectivity index (χ4v) is 3.29. The zero-order valence-electron chi connectivity index (χ0n) is 15.3. The molecule has 1 heterocycles. The van der Waals surface area contributed by atoms with Crippen molar-refractivity contribution in [1.29, 1.82) is 0 Å². The second kappa shape index (κ2) is 8.77. The SMILES string of the molecule is CC(=O)N(c1ccc(NC(=O)Cc2ccc(F)cc2)cc1)C1CCOCC1. The Morgan fingerprint density at radius 2 is 1.70 bits per heavy atom. The molecule has 0 aromatic heterocycles. The highest BCUT2D eigenvalue weighted by atomic mass is 19.1. The van der Waals surface area contributed by atoms with E-state index in [9.17, 15) is 14.0 Å². The van der Waals surface area contributed by atoms with Gasteiger partial charge in [0.15, 0.2) is 0 Å². The highest BCUT2D eigenvalue weighted by Gasteiger charge is 2.24. The summed E-state index contributed by atoms with van der Waals surface area (Å²) in [5, 5.41) is 2.82. The van der Waals surface area contributed by atoms with Crippen LogP contribution in [0.3, 0.4) is 0 Å². The lowest BCUT2D eigenvalue weighted by Gasteiger charge is -2.33. The van der Waals surface area contributed by atoms with Crippen LogP contribution in [0.25, 0.3) is 0 Å². The first-order valence-electron chi connectivity index (χ1n) is 9.05. The van der Waals surface area contributed by atoms with Gasteiger partial charge >= 0.3 is 0 Å². The molecule has 1 N–H and O–H groups in total. The molecule has 5 nitrogen and oxygen atoms in total. The minimum atomic E-state index is -0.325. The number of carbonyl (C=O) groups excluding carboxylic acids is 2. The van der Waals surface area contributed by atoms with Crippen LogP contribution in [0.2, 0.25) is 0 Å². The highest BCUT2D eigenvalue weighted by molar-refractivity contribution is 5.94. The second-order valence-corrected chi connectivity index (χ2v) is 6.63. The Kier molecular flexibility index (Phi) is 6.19. The third-order valence-electron chi connectivity index (χ3n) is 4.60. The van der Waals surface area contributed by atoms with Gasteiger partial charge in [0.05, 0.1) is 6.42 Å². The van der Waals surface area contributed by atoms with Crippen molar-refractivity contribution in [2.75, 3.05) is 23.4 Å². The van der Waals surface area contributed by atoms with Gasteiger partial charge in [-0.2, -0.15) is 0 Å². The molecule has 0 radical (unpaired) electrons. The van der Waals surface area contributed by atoms with Crippen LogP contribution < -0.4 is 10.2 Å². The van der Waals surface area contributed by atoms with Gasteiger partial charge in [0.25, 0.3) is 0 Å². The van der Waals surface area contributed by atoms with Crippen LogP contribution in [0, 0.1) is 5.82 Å². The van der Waals surface area contributed by atoms with Crippen LogP contribution in [-0.2, 0) is 20.7 Å². The first-order chi connectivity index (χ1) is 13.0. The van der Waals surface area contributed by atoms with E-state index in [4.69, 9.17) is 4.74 Å². The summed E-state index contributed by atoms with van der Waals surface area (Å²) in [7, 11) is 0. The largest absolute Gasteiger partial charge is 0.381 e. The normalized spacial score (nSPS) is 14.6. The summed E-state index contributed by atoms with van der Waals surface area (Å²) in [6.45, 7) is 2.88. The number of halogens is 1. The molecule has 1 fully saturated rings. The Morgan fingerprint density at radius 1 is 1.07 bits per heavy atom. The minimum Gasteiger partial charge on any atom is -0.381 e. The molecule has 1 aliphatic rings. The summed E-state index contributed by atoms with van der Waals surface area (Å²) in [6.07, 6.45) is 1.80. The molecule has 0 aliphatic carbocycles. The lowest BCUT2D eigenvalue weighted by Crippen LogP contribution is -2.42. The summed E-state index contributed by atoms with van der Waals surface area (Å²) in [6, 6.07) is 13.2. The number of nitrogens with zero attached hydrogens (tertiary/aromatic N) is 1. The minimum absolute atomic E-state index is 0.00463. The van der Waals surface area contributed by atoms with Crippen molar-refractivity contribution in [1.82, 2.24) is 0 Å². The summed E-state index contributed by atoms with van der Waals surface area (Å²) >= 11 is 0. The van der Waals surface area contributed by atoms with E-state index in [1.807, 2.05) is 12.1 Å². The first kappa shape index (κ1) is 19.0. The van der Waals surface area contributed by atoms with Crippen LogP contribution in [0.5, 0.6) is 0 Å². The quantitative estimate of drug-likeness (QED) is 0.876. The monoisotopic (exact) mass is 370 g/mol. The lowest BCUT2D eigenvalue weighted by molar-refractivity contribution is -0.117. The number of nitrogens with one attached hydrogen (secondary N) is 1. The van der Waals surface area contributed by atoms with Crippen LogP contribution in [0.15, 0.2) is 48.5 Å². The van der Waals surface area contributed by atoms with E-state index in [1.54, 1.807) is 36.1 Å². The van der Waals surface area contributed by atoms with Crippen molar-refractivity contribution >= 4 is 23.2 Å². The number of amides is 2. The fraction of sp³-hybridized carbons (Fsp3) is 0.333. The number of hydrogen-bond donors (Lipinski definition) is 1. The first-order valence-corrected chi connectivity index (χ1v) is 9.05. The van der Waals surface area contributed by atoms with Crippen LogP contribution in [0.4, 0.5) is 15.8 Å². The third-order valence-corrected chi connectivity index (χ3v) is 4.60. The van der Waals surface area contributed by atoms with Crippen LogP contribution >= 0.6 is 0 Å². The number of hydrogen-bond acceptors (Lipinski definition) is 3. The molecule has 2 aromatic carbocycles. The molecule has 1 saturated heterocycles. The van der Waals surface area contributed by atoms with Gasteiger partial charge in [-0.3, -0.25) is 9.59 Å². The third kappa shape index (κ3) is 5.14. The predicted octanol–water partition coefficient (Wildman–Crippen LogP) is 3.54. The molecule has 2 aromatic rings. The van der Waals surface area contributed by atoms with Gasteiger partial charge < -0.3 is 15.0 Å². The number of carbonyl (C=O) groups is 2. The molecule has 0 saturated carbocycles. The smallest absolute Gasteiger partial charge is 0.228 e. The number of rotatable bonds is 5. The maximum Gasteiger partial charge on any atom is 0.228 e. The molecule has 0 bridgehead atoms. The Hall–Kier alpha value is -2.73. The molecule has 142 valence electrons. The Morgan fingerprint density at radius 3 is 2.30 bits per heavy atom. The molecule has 3 rings (SSSR count). The van der Waals surface area contributed by atoms with Gasteiger partial charge in [0.2, 0.25) is 11.8 Å². The molecule has 6 heteroatoms. The zero-order chi connectivity index (χ0) is 19.2. The summed E-state index contributed by atoms with van der Waals surface area (Å²) in [4.78, 5) is 26.1. The van der Waals surface area contributed by atoms with Gasteiger partial charge in [-0.05, 0) is 54.8 Å². The standard InChI is InChI=1S/C21H23FN2O3/c1-15(25)24(20-10-12-27-13-11-20)19-8-6-18(7-9-19)23-21(26)14-16-2-4-17(22)5-3-16/h2-9,20H,10-14H2,1H3,(H,23,26). The van der Waals surface area contributed by atoms with Crippen molar-refractivity contribution in [3.63, 3.8) is 0 Å². The van der Waals surface area contributed by atoms with Crippen molar-refractivity contribution in [2.45, 2.75) is 32.2 Å². The zero-order valence-corrected chi connectivity index (χ0v) is 15.3. The van der Waals surface area contributed by atoms with Gasteiger partial charge in [0, 0.05) is 37.6 Å². The van der Waals surface area contributed by atoms with Crippen LogP contribution in [-0.4, -0.2) is 31.1 Å². The molecule has 2 amide bonds. The van der Waals surface area contributed by atoms with E-state index >= 15 is 0 Å². The summed E-state index contributed by atoms with van der Waals surface area (Å²) in [5.41, 5.74) is 2.21. The number of anilines is 2. The molecule has 1 aliphatic heterocycles. The van der Waals surface area contributed by atoms with Gasteiger partial charge in [0.1, 0.15) is 5.82 Å². The molecular formula is C21H23FN2O3. The highest BCUT2D eigenvalue weighted by Crippen LogP contribution is 2.25. The Labute approximate surface area is 158 Å². The molecular weight excluding hydrogens is 347 g/mol. The Balaban J connectivity index is 1.64. The van der Waals surface area contributed by atoms with E-state index in [-0.39, 0.29) is 30.1 Å². The maximum absolute atomic E-state index is 12.9. The second-order valence-electron chi connectivity index (χ2n) is 6.63.